The molecule has 2 N–H and O–H groups in total. The van der Waals surface area contributed by atoms with Gasteiger partial charge in [0, 0.05) is 25.0 Å². The van der Waals surface area contributed by atoms with E-state index in [4.69, 9.17) is 0 Å². The van der Waals surface area contributed by atoms with Crippen LogP contribution in [0, 0.1) is 0 Å². The highest BCUT2D eigenvalue weighted by Gasteiger charge is 2.35. The van der Waals surface area contributed by atoms with Gasteiger partial charge in [0.15, 0.2) is 0 Å². The molecular formula is C20H19F3N2O4. The summed E-state index contributed by atoms with van der Waals surface area (Å²) in [5.41, 5.74) is 0.598. The summed E-state index contributed by atoms with van der Waals surface area (Å²) in [5, 5.41) is 12.1. The summed E-state index contributed by atoms with van der Waals surface area (Å²) in [5.74, 6) is -1.63. The largest absolute Gasteiger partial charge is 0.573 e. The second-order valence-electron chi connectivity index (χ2n) is 6.66. The van der Waals surface area contributed by atoms with Crippen LogP contribution in [-0.4, -0.2) is 47.5 Å². The molecule has 1 heterocycles. The molecule has 1 saturated heterocycles. The van der Waals surface area contributed by atoms with Gasteiger partial charge in [0.1, 0.15) is 5.75 Å². The fourth-order valence-corrected chi connectivity index (χ4v) is 3.45. The molecule has 3 rings (SSSR count). The maximum atomic E-state index is 12.7. The topological polar surface area (TPSA) is 78.9 Å². The van der Waals surface area contributed by atoms with Gasteiger partial charge < -0.3 is 20.1 Å². The molecule has 0 radical (unpaired) electrons. The van der Waals surface area contributed by atoms with Crippen molar-refractivity contribution in [1.29, 1.82) is 0 Å². The molecule has 2 unspecified atom stereocenters. The fraction of sp³-hybridized carbons (Fsp3) is 0.300. The zero-order chi connectivity index (χ0) is 21.0. The number of benzene rings is 2. The predicted molar refractivity (Wildman–Crippen MR) is 97.8 cm³/mol. The van der Waals surface area contributed by atoms with Crippen LogP contribution in [0.5, 0.6) is 5.75 Å². The Kier molecular flexibility index (Phi) is 5.95. The maximum absolute atomic E-state index is 12.7. The first kappa shape index (κ1) is 20.5. The number of carbonyl (C=O) groups excluding carboxylic acids is 1. The average molecular weight is 408 g/mol. The monoisotopic (exact) mass is 408 g/mol. The number of carbonyl (C=O) groups is 2. The van der Waals surface area contributed by atoms with Crippen molar-refractivity contribution >= 4 is 12.0 Å². The van der Waals surface area contributed by atoms with Crippen molar-refractivity contribution in [3.63, 3.8) is 0 Å². The van der Waals surface area contributed by atoms with Crippen LogP contribution in [0.25, 0.3) is 0 Å². The molecule has 9 heteroatoms. The van der Waals surface area contributed by atoms with E-state index >= 15 is 0 Å². The van der Waals surface area contributed by atoms with Crippen LogP contribution in [0.4, 0.5) is 18.0 Å². The summed E-state index contributed by atoms with van der Waals surface area (Å²) in [6, 6.07) is 13.8. The molecule has 0 saturated carbocycles. The number of hydrogen-bond acceptors (Lipinski definition) is 3. The van der Waals surface area contributed by atoms with Gasteiger partial charge in [0.25, 0.3) is 5.91 Å². The Balaban J connectivity index is 1.82. The summed E-state index contributed by atoms with van der Waals surface area (Å²) >= 11 is 0. The maximum Gasteiger partial charge on any atom is 0.573 e. The van der Waals surface area contributed by atoms with E-state index in [9.17, 15) is 27.9 Å². The molecule has 0 aromatic heterocycles. The molecule has 0 bridgehead atoms. The molecule has 154 valence electrons. The first-order valence-corrected chi connectivity index (χ1v) is 8.93. The first-order chi connectivity index (χ1) is 13.7. The lowest BCUT2D eigenvalue weighted by atomic mass is 9.86. The lowest BCUT2D eigenvalue weighted by molar-refractivity contribution is -0.274. The minimum atomic E-state index is -4.92. The quantitative estimate of drug-likeness (QED) is 0.806. The molecule has 6 nitrogen and oxygen atoms in total. The van der Waals surface area contributed by atoms with Crippen LogP contribution in [0.2, 0.25) is 0 Å². The van der Waals surface area contributed by atoms with Gasteiger partial charge in [-0.15, -0.1) is 13.2 Å². The molecule has 2 aromatic carbocycles. The average Bonchev–Trinajstić information content (AvgIpc) is 2.68. The highest BCUT2D eigenvalue weighted by molar-refractivity contribution is 5.97. The second kappa shape index (κ2) is 8.42. The molecule has 2 aromatic rings. The fourth-order valence-electron chi connectivity index (χ4n) is 3.45. The van der Waals surface area contributed by atoms with E-state index in [1.807, 2.05) is 18.2 Å². The van der Waals surface area contributed by atoms with Gasteiger partial charge in [-0.1, -0.05) is 42.5 Å². The number of nitrogens with one attached hydrogen (secondary N) is 1. The van der Waals surface area contributed by atoms with Crippen LogP contribution in [0.1, 0.15) is 28.3 Å². The third-order valence-corrected chi connectivity index (χ3v) is 4.78. The molecule has 2 amide bonds. The lowest BCUT2D eigenvalue weighted by Gasteiger charge is -2.38. The summed E-state index contributed by atoms with van der Waals surface area (Å²) in [4.78, 5) is 25.4. The molecule has 0 spiro atoms. The Hall–Kier alpha value is -3.23. The normalized spacial score (nSPS) is 19.5. The van der Waals surface area contributed by atoms with E-state index in [1.54, 1.807) is 12.1 Å². The Morgan fingerprint density at radius 2 is 1.72 bits per heavy atom. The van der Waals surface area contributed by atoms with Gasteiger partial charge in [0.05, 0.1) is 5.56 Å². The third-order valence-electron chi connectivity index (χ3n) is 4.78. The minimum absolute atomic E-state index is 0.172. The summed E-state index contributed by atoms with van der Waals surface area (Å²) in [6.45, 7) is 0.384. The number of nitrogens with zero attached hydrogens (tertiary/aromatic N) is 1. The van der Waals surface area contributed by atoms with E-state index in [2.05, 4.69) is 10.1 Å². The Morgan fingerprint density at radius 1 is 1.07 bits per heavy atom. The van der Waals surface area contributed by atoms with E-state index in [-0.39, 0.29) is 24.6 Å². The zero-order valence-corrected chi connectivity index (χ0v) is 15.2. The number of amides is 2. The highest BCUT2D eigenvalue weighted by atomic mass is 19.4. The minimum Gasteiger partial charge on any atom is -0.465 e. The van der Waals surface area contributed by atoms with Crippen molar-refractivity contribution in [2.24, 2.45) is 0 Å². The van der Waals surface area contributed by atoms with Crippen molar-refractivity contribution in [1.82, 2.24) is 10.2 Å². The van der Waals surface area contributed by atoms with E-state index in [0.29, 0.717) is 6.42 Å². The zero-order valence-electron chi connectivity index (χ0n) is 15.2. The van der Waals surface area contributed by atoms with E-state index in [0.717, 1.165) is 11.6 Å². The molecule has 1 aliphatic rings. The lowest BCUT2D eigenvalue weighted by Crippen LogP contribution is -2.51. The Bertz CT molecular complexity index is 874. The van der Waals surface area contributed by atoms with Gasteiger partial charge >= 0.3 is 12.5 Å². The SMILES string of the molecule is O=C(NC1CCN(C(=O)O)CC1c1ccccc1)c1ccccc1OC(F)(F)F. The van der Waals surface area contributed by atoms with Crippen LogP contribution < -0.4 is 10.1 Å². The Labute approximate surface area is 164 Å². The van der Waals surface area contributed by atoms with Crippen LogP contribution in [-0.2, 0) is 0 Å². The number of alkyl halides is 3. The van der Waals surface area contributed by atoms with Crippen molar-refractivity contribution in [3.8, 4) is 5.75 Å². The van der Waals surface area contributed by atoms with Gasteiger partial charge in [-0.25, -0.2) is 4.79 Å². The Morgan fingerprint density at radius 3 is 2.38 bits per heavy atom. The second-order valence-corrected chi connectivity index (χ2v) is 6.66. The number of halogens is 3. The number of piperidine rings is 1. The molecule has 29 heavy (non-hydrogen) atoms. The summed E-state index contributed by atoms with van der Waals surface area (Å²) in [7, 11) is 0. The van der Waals surface area contributed by atoms with Crippen LogP contribution in [0.15, 0.2) is 54.6 Å². The van der Waals surface area contributed by atoms with Crippen LogP contribution in [0.3, 0.4) is 0 Å². The first-order valence-electron chi connectivity index (χ1n) is 8.93. The van der Waals surface area contributed by atoms with Crippen molar-refractivity contribution in [2.75, 3.05) is 13.1 Å². The summed E-state index contributed by atoms with van der Waals surface area (Å²) < 4.78 is 41.8. The number of rotatable bonds is 4. The molecule has 2 atom stereocenters. The number of hydrogen-bond donors (Lipinski definition) is 2. The van der Waals surface area contributed by atoms with Crippen molar-refractivity contribution in [3.05, 3.63) is 65.7 Å². The highest BCUT2D eigenvalue weighted by Crippen LogP contribution is 2.30. The van der Waals surface area contributed by atoms with E-state index < -0.39 is 30.2 Å². The van der Waals surface area contributed by atoms with Crippen molar-refractivity contribution in [2.45, 2.75) is 24.7 Å². The molecule has 0 aliphatic carbocycles. The molecule has 1 fully saturated rings. The van der Waals surface area contributed by atoms with Crippen LogP contribution >= 0.6 is 0 Å². The number of para-hydroxylation sites is 1. The number of carboxylic acid groups (broad SMARTS) is 1. The molecule has 1 aliphatic heterocycles. The smallest absolute Gasteiger partial charge is 0.465 e. The third kappa shape index (κ3) is 5.18. The van der Waals surface area contributed by atoms with Gasteiger partial charge in [0.2, 0.25) is 0 Å². The standard InChI is InChI=1S/C20H19F3N2O4/c21-20(22,23)29-17-9-5-4-8-14(17)18(26)24-16-10-11-25(19(27)28)12-15(16)13-6-2-1-3-7-13/h1-9,15-16H,10-12H2,(H,24,26)(H,27,28). The van der Waals surface area contributed by atoms with Gasteiger partial charge in [-0.05, 0) is 24.1 Å². The van der Waals surface area contributed by atoms with E-state index in [1.165, 1.54) is 23.1 Å². The summed E-state index contributed by atoms with van der Waals surface area (Å²) in [6.07, 6.45) is -5.64. The number of ether oxygens (including phenoxy) is 1. The van der Waals surface area contributed by atoms with Crippen molar-refractivity contribution < 1.29 is 32.6 Å². The van der Waals surface area contributed by atoms with Gasteiger partial charge in [-0.2, -0.15) is 0 Å². The van der Waals surface area contributed by atoms with Gasteiger partial charge in [-0.3, -0.25) is 4.79 Å². The molecular weight excluding hydrogens is 389 g/mol. The number of likely N-dealkylation sites (tertiary alicyclic amines) is 1. The predicted octanol–water partition coefficient (Wildman–Crippen LogP) is 3.85.